The molecule has 0 bridgehead atoms. The molecule has 1 fully saturated rings. The van der Waals surface area contributed by atoms with Crippen molar-refractivity contribution in [2.45, 2.75) is 6.54 Å². The smallest absolute Gasteiger partial charge is 0.290 e. The zero-order valence-corrected chi connectivity index (χ0v) is 13.1. The van der Waals surface area contributed by atoms with Crippen LogP contribution in [0.25, 0.3) is 0 Å². The Bertz CT molecular complexity index is 841. The number of benzene rings is 2. The van der Waals surface area contributed by atoms with Crippen LogP contribution in [0.3, 0.4) is 0 Å². The molecular formula is C17H15FN4O3. The highest BCUT2D eigenvalue weighted by molar-refractivity contribution is 6.12. The van der Waals surface area contributed by atoms with Crippen molar-refractivity contribution in [3.63, 3.8) is 0 Å². The lowest BCUT2D eigenvalue weighted by atomic mass is 10.1. The molecular weight excluding hydrogens is 327 g/mol. The average Bonchev–Trinajstić information content (AvgIpc) is 2.91. The fourth-order valence-corrected chi connectivity index (χ4v) is 2.58. The van der Waals surface area contributed by atoms with E-state index in [-0.39, 0.29) is 24.2 Å². The van der Waals surface area contributed by atoms with E-state index in [1.165, 1.54) is 17.0 Å². The molecule has 0 unspecified atom stereocenters. The molecule has 0 aliphatic carbocycles. The molecule has 1 aliphatic rings. The summed E-state index contributed by atoms with van der Waals surface area (Å²) in [6.45, 7) is -0.310. The molecule has 3 rings (SSSR count). The van der Waals surface area contributed by atoms with Crippen molar-refractivity contribution in [3.05, 3.63) is 65.5 Å². The number of hydrogen-bond acceptors (Lipinski definition) is 4. The number of nitrogens with two attached hydrogens (primary N) is 1. The summed E-state index contributed by atoms with van der Waals surface area (Å²) in [6, 6.07) is 12.0. The van der Waals surface area contributed by atoms with Gasteiger partial charge in [-0.15, -0.1) is 0 Å². The molecule has 3 N–H and O–H groups in total. The second-order valence-electron chi connectivity index (χ2n) is 5.46. The summed E-state index contributed by atoms with van der Waals surface area (Å²) in [5, 5.41) is 0. The quantitative estimate of drug-likeness (QED) is 0.380. The number of nitrogen functional groups attached to an aromatic ring is 1. The van der Waals surface area contributed by atoms with Gasteiger partial charge in [-0.1, -0.05) is 24.3 Å². The fraction of sp³-hybridized carbons (Fsp3) is 0.118. The van der Waals surface area contributed by atoms with Crippen molar-refractivity contribution >= 4 is 23.5 Å². The lowest BCUT2D eigenvalue weighted by molar-refractivity contribution is -0.125. The number of imide groups is 1. The Balaban J connectivity index is 1.80. The summed E-state index contributed by atoms with van der Waals surface area (Å²) in [5.74, 6) is 3.26. The van der Waals surface area contributed by atoms with Crippen LogP contribution in [-0.2, 0) is 11.3 Å². The Kier molecular flexibility index (Phi) is 4.44. The molecule has 0 aromatic heterocycles. The zero-order chi connectivity index (χ0) is 18.0. The van der Waals surface area contributed by atoms with Gasteiger partial charge in [-0.25, -0.2) is 15.0 Å². The van der Waals surface area contributed by atoms with Gasteiger partial charge in [0.2, 0.25) is 0 Å². The number of anilines is 1. The van der Waals surface area contributed by atoms with Crippen LogP contribution in [0.15, 0.2) is 48.5 Å². The van der Waals surface area contributed by atoms with Crippen LogP contribution in [0.1, 0.15) is 15.9 Å². The SMILES string of the molecule is NNC(=O)c1ccc(CN2C(=O)CN(c3ccccc3)C2=O)c(F)c1. The molecule has 8 heteroatoms. The fourth-order valence-electron chi connectivity index (χ4n) is 2.58. The maximum atomic E-state index is 14.2. The number of halogens is 1. The van der Waals surface area contributed by atoms with Gasteiger partial charge < -0.3 is 0 Å². The normalized spacial score (nSPS) is 14.2. The van der Waals surface area contributed by atoms with Gasteiger partial charge >= 0.3 is 6.03 Å². The summed E-state index contributed by atoms with van der Waals surface area (Å²) < 4.78 is 14.2. The molecule has 1 saturated heterocycles. The van der Waals surface area contributed by atoms with Crippen LogP contribution in [0.2, 0.25) is 0 Å². The molecule has 25 heavy (non-hydrogen) atoms. The van der Waals surface area contributed by atoms with E-state index < -0.39 is 23.7 Å². The van der Waals surface area contributed by atoms with Crippen LogP contribution in [0.5, 0.6) is 0 Å². The summed E-state index contributed by atoms with van der Waals surface area (Å²) in [4.78, 5) is 38.4. The van der Waals surface area contributed by atoms with Crippen LogP contribution in [0, 0.1) is 5.82 Å². The number of urea groups is 1. The van der Waals surface area contributed by atoms with Crippen molar-refractivity contribution in [2.24, 2.45) is 5.84 Å². The molecule has 0 radical (unpaired) electrons. The van der Waals surface area contributed by atoms with E-state index >= 15 is 0 Å². The van der Waals surface area contributed by atoms with E-state index in [1.807, 2.05) is 5.43 Å². The molecule has 0 saturated carbocycles. The van der Waals surface area contributed by atoms with Crippen molar-refractivity contribution < 1.29 is 18.8 Å². The standard InChI is InChI=1S/C17H15FN4O3/c18-14-8-11(16(24)20-19)6-7-12(14)9-22-15(23)10-21(17(22)25)13-4-2-1-3-5-13/h1-8H,9-10,19H2,(H,20,24). The largest absolute Gasteiger partial charge is 0.332 e. The van der Waals surface area contributed by atoms with Gasteiger partial charge in [0.05, 0.1) is 6.54 Å². The van der Waals surface area contributed by atoms with Crippen molar-refractivity contribution in [2.75, 3.05) is 11.4 Å². The highest BCUT2D eigenvalue weighted by Crippen LogP contribution is 2.23. The maximum absolute atomic E-state index is 14.2. The molecule has 1 aliphatic heterocycles. The van der Waals surface area contributed by atoms with Crippen molar-refractivity contribution in [1.29, 1.82) is 0 Å². The Labute approximate surface area is 142 Å². The molecule has 1 heterocycles. The number of hydrogen-bond donors (Lipinski definition) is 2. The van der Waals surface area contributed by atoms with E-state index in [2.05, 4.69) is 0 Å². The first-order valence-electron chi connectivity index (χ1n) is 7.47. The summed E-state index contributed by atoms with van der Waals surface area (Å²) in [7, 11) is 0. The Morgan fingerprint density at radius 1 is 1.16 bits per heavy atom. The number of rotatable bonds is 4. The van der Waals surface area contributed by atoms with Gasteiger partial charge in [0.1, 0.15) is 12.4 Å². The number of carbonyl (C=O) groups excluding carboxylic acids is 3. The van der Waals surface area contributed by atoms with Gasteiger partial charge in [0, 0.05) is 16.8 Å². The van der Waals surface area contributed by atoms with Crippen LogP contribution in [0.4, 0.5) is 14.9 Å². The second-order valence-corrected chi connectivity index (χ2v) is 5.46. The molecule has 7 nitrogen and oxygen atoms in total. The number of carbonyl (C=O) groups is 3. The minimum atomic E-state index is -0.695. The topological polar surface area (TPSA) is 95.7 Å². The average molecular weight is 342 g/mol. The molecule has 4 amide bonds. The molecule has 0 spiro atoms. The van der Waals surface area contributed by atoms with Crippen molar-refractivity contribution in [3.8, 4) is 0 Å². The molecule has 2 aromatic rings. The van der Waals surface area contributed by atoms with Crippen LogP contribution < -0.4 is 16.2 Å². The van der Waals surface area contributed by atoms with Gasteiger partial charge in [0.15, 0.2) is 0 Å². The number of nitrogens with zero attached hydrogens (tertiary/aromatic N) is 2. The third-order valence-electron chi connectivity index (χ3n) is 3.90. The van der Waals surface area contributed by atoms with E-state index in [0.717, 1.165) is 11.0 Å². The lowest BCUT2D eigenvalue weighted by Gasteiger charge is -2.17. The lowest BCUT2D eigenvalue weighted by Crippen LogP contribution is -2.33. The first kappa shape index (κ1) is 16.6. The zero-order valence-electron chi connectivity index (χ0n) is 13.1. The predicted octanol–water partition coefficient (Wildman–Crippen LogP) is 1.40. The number of amides is 4. The van der Waals surface area contributed by atoms with Crippen LogP contribution in [-0.4, -0.2) is 29.3 Å². The highest BCUT2D eigenvalue weighted by Gasteiger charge is 2.37. The monoisotopic (exact) mass is 342 g/mol. The van der Waals surface area contributed by atoms with Crippen molar-refractivity contribution in [1.82, 2.24) is 10.3 Å². The van der Waals surface area contributed by atoms with Gasteiger partial charge in [-0.05, 0) is 24.3 Å². The molecule has 2 aromatic carbocycles. The maximum Gasteiger partial charge on any atom is 0.332 e. The van der Waals surface area contributed by atoms with E-state index in [1.54, 1.807) is 30.3 Å². The van der Waals surface area contributed by atoms with E-state index in [9.17, 15) is 18.8 Å². The number of nitrogens with one attached hydrogen (secondary N) is 1. The third kappa shape index (κ3) is 3.20. The second kappa shape index (κ2) is 6.70. The first-order chi connectivity index (χ1) is 12.0. The molecule has 0 atom stereocenters. The van der Waals surface area contributed by atoms with E-state index in [4.69, 9.17) is 5.84 Å². The summed E-state index contributed by atoms with van der Waals surface area (Å²) in [6.07, 6.45) is 0. The Hall–Kier alpha value is -3.26. The molecule has 128 valence electrons. The summed E-state index contributed by atoms with van der Waals surface area (Å²) >= 11 is 0. The van der Waals surface area contributed by atoms with Crippen LogP contribution >= 0.6 is 0 Å². The minimum Gasteiger partial charge on any atom is -0.290 e. The first-order valence-corrected chi connectivity index (χ1v) is 7.47. The Morgan fingerprint density at radius 3 is 2.52 bits per heavy atom. The summed E-state index contributed by atoms with van der Waals surface area (Å²) in [5.41, 5.74) is 2.68. The number of hydrazine groups is 1. The predicted molar refractivity (Wildman–Crippen MR) is 87.8 cm³/mol. The third-order valence-corrected chi connectivity index (χ3v) is 3.90. The van der Waals surface area contributed by atoms with Gasteiger partial charge in [0.25, 0.3) is 11.8 Å². The highest BCUT2D eigenvalue weighted by atomic mass is 19.1. The van der Waals surface area contributed by atoms with E-state index in [0.29, 0.717) is 5.69 Å². The number of para-hydroxylation sites is 1. The minimum absolute atomic E-state index is 0.0498. The Morgan fingerprint density at radius 2 is 1.88 bits per heavy atom. The van der Waals surface area contributed by atoms with Gasteiger partial charge in [-0.2, -0.15) is 0 Å². The van der Waals surface area contributed by atoms with Gasteiger partial charge in [-0.3, -0.25) is 24.8 Å².